The van der Waals surface area contributed by atoms with Gasteiger partial charge in [-0.1, -0.05) is 31.2 Å². The van der Waals surface area contributed by atoms with Crippen molar-refractivity contribution in [1.29, 1.82) is 0 Å². The van der Waals surface area contributed by atoms with E-state index < -0.39 is 22.0 Å². The average Bonchev–Trinajstić information content (AvgIpc) is 2.72. The molecule has 0 aromatic carbocycles. The summed E-state index contributed by atoms with van der Waals surface area (Å²) in [4.78, 5) is 11.4. The quantitative estimate of drug-likeness (QED) is 0.578. The normalized spacial score (nSPS) is 21.6. The number of ether oxygens (including phenoxy) is 1. The van der Waals surface area contributed by atoms with E-state index in [1.165, 1.54) is 0 Å². The van der Waals surface area contributed by atoms with Crippen LogP contribution in [-0.2, 0) is 14.6 Å². The van der Waals surface area contributed by atoms with Gasteiger partial charge in [-0.3, -0.25) is 0 Å². The van der Waals surface area contributed by atoms with Gasteiger partial charge in [-0.25, -0.2) is 13.2 Å². The number of carbonyl (C=O) groups excluding carboxylic acids is 1. The van der Waals surface area contributed by atoms with E-state index in [0.717, 1.165) is 19.3 Å². The van der Waals surface area contributed by atoms with Crippen LogP contribution >= 0.6 is 0 Å². The Bertz CT molecular complexity index is 454. The molecule has 0 aromatic heterocycles. The number of allylic oxidation sites excluding steroid dienone is 3. The number of carbonyl (C=O) groups is 1. The van der Waals surface area contributed by atoms with Crippen LogP contribution in [0.2, 0.25) is 0 Å². The van der Waals surface area contributed by atoms with Crippen molar-refractivity contribution in [2.24, 2.45) is 0 Å². The molecule has 114 valence electrons. The third-order valence-electron chi connectivity index (χ3n) is 2.90. The summed E-state index contributed by atoms with van der Waals surface area (Å²) in [7, 11) is -3.01. The largest absolute Gasteiger partial charge is 0.445 e. The number of hydrogen-bond acceptors (Lipinski definition) is 4. The van der Waals surface area contributed by atoms with Crippen molar-refractivity contribution in [1.82, 2.24) is 5.32 Å². The minimum Gasteiger partial charge on any atom is -0.445 e. The Morgan fingerprint density at radius 2 is 1.95 bits per heavy atom. The number of amides is 1. The van der Waals surface area contributed by atoms with Crippen LogP contribution in [0.3, 0.4) is 0 Å². The lowest BCUT2D eigenvalue weighted by Crippen LogP contribution is -2.29. The molecule has 1 heterocycles. The van der Waals surface area contributed by atoms with E-state index in [1.807, 2.05) is 12.2 Å². The van der Waals surface area contributed by atoms with Gasteiger partial charge in [0.15, 0.2) is 9.84 Å². The third-order valence-corrected chi connectivity index (χ3v) is 4.64. The fourth-order valence-electron chi connectivity index (χ4n) is 1.87. The zero-order valence-corrected chi connectivity index (χ0v) is 12.7. The SMILES string of the molecule is CCC=CCCC=CCNC(=O)OC1CCS(=O)(=O)C1. The summed E-state index contributed by atoms with van der Waals surface area (Å²) in [6.45, 7) is 2.49. The number of sulfone groups is 1. The van der Waals surface area contributed by atoms with E-state index in [4.69, 9.17) is 4.74 Å². The molecule has 0 aliphatic carbocycles. The summed E-state index contributed by atoms with van der Waals surface area (Å²) < 4.78 is 27.4. The Hall–Kier alpha value is -1.30. The smallest absolute Gasteiger partial charge is 0.407 e. The van der Waals surface area contributed by atoms with E-state index in [0.29, 0.717) is 13.0 Å². The Labute approximate surface area is 121 Å². The first-order chi connectivity index (χ1) is 9.53. The number of alkyl carbamates (subject to hydrolysis) is 1. The van der Waals surface area contributed by atoms with Crippen molar-refractivity contribution >= 4 is 15.9 Å². The zero-order chi connectivity index (χ0) is 14.8. The number of hydrogen-bond donors (Lipinski definition) is 1. The zero-order valence-electron chi connectivity index (χ0n) is 11.9. The Morgan fingerprint density at radius 1 is 1.25 bits per heavy atom. The van der Waals surface area contributed by atoms with Gasteiger partial charge in [-0.15, -0.1) is 0 Å². The van der Waals surface area contributed by atoms with E-state index in [-0.39, 0.29) is 11.5 Å². The van der Waals surface area contributed by atoms with Gasteiger partial charge in [0.1, 0.15) is 6.10 Å². The molecule has 1 aliphatic heterocycles. The topological polar surface area (TPSA) is 72.5 Å². The summed E-state index contributed by atoms with van der Waals surface area (Å²) in [5.41, 5.74) is 0. The number of unbranched alkanes of at least 4 members (excludes halogenated alkanes) is 1. The fraction of sp³-hybridized carbons (Fsp3) is 0.643. The summed E-state index contributed by atoms with van der Waals surface area (Å²) in [5, 5.41) is 2.58. The van der Waals surface area contributed by atoms with Gasteiger partial charge in [0.05, 0.1) is 11.5 Å². The van der Waals surface area contributed by atoms with Crippen LogP contribution < -0.4 is 5.32 Å². The van der Waals surface area contributed by atoms with Gasteiger partial charge in [0.2, 0.25) is 0 Å². The first-order valence-electron chi connectivity index (χ1n) is 6.98. The van der Waals surface area contributed by atoms with Gasteiger partial charge < -0.3 is 10.1 Å². The van der Waals surface area contributed by atoms with Gasteiger partial charge in [0.25, 0.3) is 0 Å². The monoisotopic (exact) mass is 301 g/mol. The second-order valence-corrected chi connectivity index (χ2v) is 6.97. The summed E-state index contributed by atoms with van der Waals surface area (Å²) in [5.74, 6) is 0.0517. The second kappa shape index (κ2) is 8.79. The van der Waals surface area contributed by atoms with Crippen LogP contribution in [-0.4, -0.2) is 38.7 Å². The van der Waals surface area contributed by atoms with E-state index in [9.17, 15) is 13.2 Å². The molecule has 0 radical (unpaired) electrons. The minimum absolute atomic E-state index is 0.0555. The molecule has 1 N–H and O–H groups in total. The molecule has 1 unspecified atom stereocenters. The minimum atomic E-state index is -3.01. The van der Waals surface area contributed by atoms with E-state index >= 15 is 0 Å². The van der Waals surface area contributed by atoms with Crippen LogP contribution in [0, 0.1) is 0 Å². The lowest BCUT2D eigenvalue weighted by molar-refractivity contribution is 0.111. The van der Waals surface area contributed by atoms with Gasteiger partial charge in [-0.05, 0) is 25.7 Å². The van der Waals surface area contributed by atoms with Gasteiger partial charge >= 0.3 is 6.09 Å². The molecule has 0 saturated carbocycles. The molecule has 1 fully saturated rings. The van der Waals surface area contributed by atoms with Crippen LogP contribution in [0.4, 0.5) is 4.79 Å². The summed E-state index contributed by atoms with van der Waals surface area (Å²) >= 11 is 0. The molecule has 0 spiro atoms. The van der Waals surface area contributed by atoms with E-state index in [2.05, 4.69) is 24.4 Å². The first kappa shape index (κ1) is 16.8. The maximum atomic E-state index is 11.4. The highest BCUT2D eigenvalue weighted by atomic mass is 32.2. The molecule has 1 aliphatic rings. The molecule has 1 saturated heterocycles. The Morgan fingerprint density at radius 3 is 2.55 bits per heavy atom. The van der Waals surface area contributed by atoms with Crippen LogP contribution in [0.15, 0.2) is 24.3 Å². The third kappa shape index (κ3) is 7.33. The molecule has 0 bridgehead atoms. The van der Waals surface area contributed by atoms with E-state index in [1.54, 1.807) is 0 Å². The van der Waals surface area contributed by atoms with Crippen LogP contribution in [0.5, 0.6) is 0 Å². The predicted molar refractivity (Wildman–Crippen MR) is 79.3 cm³/mol. The maximum absolute atomic E-state index is 11.4. The van der Waals surface area contributed by atoms with Crippen LogP contribution in [0.1, 0.15) is 32.6 Å². The molecule has 1 amide bonds. The fourth-order valence-corrected chi connectivity index (χ4v) is 3.46. The highest BCUT2D eigenvalue weighted by Crippen LogP contribution is 2.14. The van der Waals surface area contributed by atoms with Gasteiger partial charge in [-0.2, -0.15) is 0 Å². The van der Waals surface area contributed by atoms with Gasteiger partial charge in [0, 0.05) is 6.54 Å². The molecular formula is C14H23NO4S. The molecule has 0 aromatic rings. The second-order valence-electron chi connectivity index (χ2n) is 4.74. The van der Waals surface area contributed by atoms with Crippen molar-refractivity contribution in [3.8, 4) is 0 Å². The molecule has 5 nitrogen and oxygen atoms in total. The highest BCUT2D eigenvalue weighted by Gasteiger charge is 2.30. The number of rotatable bonds is 7. The lowest BCUT2D eigenvalue weighted by atomic mass is 10.2. The standard InChI is InChI=1S/C14H23NO4S/c1-2-3-4-5-6-7-8-10-15-14(16)19-13-9-11-20(17,18)12-13/h3-4,7-8,13H,2,5-6,9-12H2,1H3,(H,15,16). The molecule has 20 heavy (non-hydrogen) atoms. The maximum Gasteiger partial charge on any atom is 0.407 e. The van der Waals surface area contributed by atoms with Crippen molar-refractivity contribution in [3.63, 3.8) is 0 Å². The Balaban J connectivity index is 2.09. The Kier molecular flexibility index (Phi) is 7.36. The molecular weight excluding hydrogens is 278 g/mol. The van der Waals surface area contributed by atoms with Crippen molar-refractivity contribution < 1.29 is 17.9 Å². The van der Waals surface area contributed by atoms with Crippen molar-refractivity contribution in [3.05, 3.63) is 24.3 Å². The molecule has 1 rings (SSSR count). The summed E-state index contributed by atoms with van der Waals surface area (Å²) in [6, 6.07) is 0. The summed E-state index contributed by atoms with van der Waals surface area (Å²) in [6.07, 6.45) is 10.5. The van der Waals surface area contributed by atoms with Crippen molar-refractivity contribution in [2.75, 3.05) is 18.1 Å². The first-order valence-corrected chi connectivity index (χ1v) is 8.80. The average molecular weight is 301 g/mol. The van der Waals surface area contributed by atoms with Crippen LogP contribution in [0.25, 0.3) is 0 Å². The van der Waals surface area contributed by atoms with Crippen molar-refractivity contribution in [2.45, 2.75) is 38.7 Å². The molecule has 1 atom stereocenters. The lowest BCUT2D eigenvalue weighted by Gasteiger charge is -2.10. The molecule has 6 heteroatoms. The predicted octanol–water partition coefficient (Wildman–Crippen LogP) is 2.20. The highest BCUT2D eigenvalue weighted by molar-refractivity contribution is 7.91. The number of nitrogens with one attached hydrogen (secondary N) is 1.